The van der Waals surface area contributed by atoms with E-state index in [4.69, 9.17) is 23.2 Å². The Kier molecular flexibility index (Phi) is 6.52. The van der Waals surface area contributed by atoms with Crippen LogP contribution in [0.1, 0.15) is 43.5 Å². The van der Waals surface area contributed by atoms with E-state index in [1.54, 1.807) is 0 Å². The number of H-pyrrole nitrogens is 1. The molecule has 3 N–H and O–H groups in total. The maximum Gasteiger partial charge on any atom is 0.242 e. The van der Waals surface area contributed by atoms with E-state index in [-0.39, 0.29) is 16.5 Å². The zero-order valence-corrected chi connectivity index (χ0v) is 16.5. The van der Waals surface area contributed by atoms with Crippen molar-refractivity contribution in [3.8, 4) is 0 Å². The van der Waals surface area contributed by atoms with Gasteiger partial charge in [-0.1, -0.05) is 42.5 Å². The fourth-order valence-corrected chi connectivity index (χ4v) is 4.78. The third-order valence-corrected chi connectivity index (χ3v) is 6.60. The van der Waals surface area contributed by atoms with Crippen LogP contribution < -0.4 is 10.0 Å². The van der Waals surface area contributed by atoms with Crippen molar-refractivity contribution < 1.29 is 8.42 Å². The van der Waals surface area contributed by atoms with Gasteiger partial charge in [-0.25, -0.2) is 13.1 Å². The summed E-state index contributed by atoms with van der Waals surface area (Å²) in [5.74, 6) is 0. The van der Waals surface area contributed by atoms with Gasteiger partial charge in [0, 0.05) is 17.6 Å². The molecule has 1 aromatic carbocycles. The van der Waals surface area contributed by atoms with Crippen LogP contribution in [0.3, 0.4) is 0 Å². The number of sulfonamides is 1. The molecule has 0 bridgehead atoms. The molecule has 0 radical (unpaired) electrons. The van der Waals surface area contributed by atoms with E-state index in [1.807, 2.05) is 0 Å². The smallest absolute Gasteiger partial charge is 0.242 e. The summed E-state index contributed by atoms with van der Waals surface area (Å²) in [6, 6.07) is 4.79. The largest absolute Gasteiger partial charge is 0.308 e. The number of aromatic nitrogens is 3. The fourth-order valence-electron chi connectivity index (χ4n) is 3.03. The highest BCUT2D eigenvalue weighted by Crippen LogP contribution is 2.25. The number of halogens is 2. The van der Waals surface area contributed by atoms with Crippen LogP contribution in [0, 0.1) is 0 Å². The van der Waals surface area contributed by atoms with Crippen LogP contribution >= 0.6 is 23.2 Å². The highest BCUT2D eigenvalue weighted by atomic mass is 35.5. The Labute approximate surface area is 162 Å². The summed E-state index contributed by atoms with van der Waals surface area (Å²) in [5.41, 5.74) is 1.26. The standard InChI is InChI=1S/C16H21Cl2N5O2S/c17-11-6-7-13(18)16(8-11)26(24,25)20-10-15-14(21-23-22-15)9-19-12-4-2-1-3-5-12/h6-8,12,19-20H,1-5,9-10H2,(H,21,22,23). The molecule has 2 aromatic rings. The van der Waals surface area contributed by atoms with E-state index in [1.165, 1.54) is 37.5 Å². The highest BCUT2D eigenvalue weighted by molar-refractivity contribution is 7.89. The summed E-state index contributed by atoms with van der Waals surface area (Å²) >= 11 is 11.9. The van der Waals surface area contributed by atoms with Crippen molar-refractivity contribution >= 4 is 33.2 Å². The molecule has 1 heterocycles. The predicted molar refractivity (Wildman–Crippen MR) is 101 cm³/mol. The Morgan fingerprint density at radius 1 is 1.08 bits per heavy atom. The van der Waals surface area contributed by atoms with E-state index in [0.29, 0.717) is 29.0 Å². The van der Waals surface area contributed by atoms with Gasteiger partial charge in [0.05, 0.1) is 11.6 Å². The van der Waals surface area contributed by atoms with Crippen LogP contribution in [-0.2, 0) is 23.1 Å². The first-order valence-electron chi connectivity index (χ1n) is 8.52. The Balaban J connectivity index is 1.62. The first-order chi connectivity index (χ1) is 12.5. The van der Waals surface area contributed by atoms with E-state index in [0.717, 1.165) is 12.8 Å². The van der Waals surface area contributed by atoms with Crippen LogP contribution in [0.5, 0.6) is 0 Å². The van der Waals surface area contributed by atoms with E-state index in [2.05, 4.69) is 25.4 Å². The number of aromatic amines is 1. The van der Waals surface area contributed by atoms with Gasteiger partial charge >= 0.3 is 0 Å². The zero-order chi connectivity index (χ0) is 18.6. The molecule has 142 valence electrons. The van der Waals surface area contributed by atoms with Crippen LogP contribution in [-0.4, -0.2) is 29.9 Å². The number of rotatable bonds is 7. The van der Waals surface area contributed by atoms with Crippen molar-refractivity contribution in [2.45, 2.75) is 56.1 Å². The van der Waals surface area contributed by atoms with Gasteiger partial charge in [0.2, 0.25) is 10.0 Å². The Hall–Kier alpha value is -1.19. The van der Waals surface area contributed by atoms with Gasteiger partial charge in [0.15, 0.2) is 0 Å². The molecule has 0 spiro atoms. The van der Waals surface area contributed by atoms with Crippen molar-refractivity contribution in [2.24, 2.45) is 0 Å². The van der Waals surface area contributed by atoms with Gasteiger partial charge in [-0.05, 0) is 31.0 Å². The minimum atomic E-state index is -3.81. The predicted octanol–water partition coefficient (Wildman–Crippen LogP) is 3.01. The molecule has 1 aliphatic carbocycles. The summed E-state index contributed by atoms with van der Waals surface area (Å²) in [6.07, 6.45) is 6.09. The lowest BCUT2D eigenvalue weighted by atomic mass is 9.95. The minimum Gasteiger partial charge on any atom is -0.308 e. The van der Waals surface area contributed by atoms with Gasteiger partial charge in [0.25, 0.3) is 0 Å². The molecular weight excluding hydrogens is 397 g/mol. The number of nitrogens with zero attached hydrogens (tertiary/aromatic N) is 2. The molecule has 0 amide bonds. The molecule has 7 nitrogen and oxygen atoms in total. The molecule has 3 rings (SSSR count). The van der Waals surface area contributed by atoms with E-state index >= 15 is 0 Å². The van der Waals surface area contributed by atoms with Crippen LogP contribution in [0.2, 0.25) is 10.0 Å². The molecule has 0 atom stereocenters. The lowest BCUT2D eigenvalue weighted by Crippen LogP contribution is -2.31. The molecular formula is C16H21Cl2N5O2S. The molecule has 1 aromatic heterocycles. The number of nitrogens with one attached hydrogen (secondary N) is 3. The van der Waals surface area contributed by atoms with Crippen LogP contribution in [0.25, 0.3) is 0 Å². The second-order valence-corrected chi connectivity index (χ2v) is 8.91. The Morgan fingerprint density at radius 2 is 1.77 bits per heavy atom. The number of hydrogen-bond acceptors (Lipinski definition) is 5. The van der Waals surface area contributed by atoms with Crippen molar-refractivity contribution in [1.29, 1.82) is 0 Å². The van der Waals surface area contributed by atoms with Crippen LogP contribution in [0.4, 0.5) is 0 Å². The lowest BCUT2D eigenvalue weighted by Gasteiger charge is -2.22. The topological polar surface area (TPSA) is 99.8 Å². The second kappa shape index (κ2) is 8.67. The molecule has 0 aliphatic heterocycles. The van der Waals surface area contributed by atoms with E-state index < -0.39 is 10.0 Å². The third kappa shape index (κ3) is 4.95. The second-order valence-electron chi connectivity index (χ2n) is 6.33. The quantitative estimate of drug-likeness (QED) is 0.642. The molecule has 0 unspecified atom stereocenters. The summed E-state index contributed by atoms with van der Waals surface area (Å²) in [5, 5.41) is 14.6. The van der Waals surface area contributed by atoms with Gasteiger partial charge in [-0.3, -0.25) is 0 Å². The van der Waals surface area contributed by atoms with Gasteiger partial charge in [0.1, 0.15) is 16.3 Å². The van der Waals surface area contributed by atoms with Crippen molar-refractivity contribution in [2.75, 3.05) is 0 Å². The van der Waals surface area contributed by atoms with E-state index in [9.17, 15) is 8.42 Å². The molecule has 1 saturated carbocycles. The van der Waals surface area contributed by atoms with Crippen molar-refractivity contribution in [3.05, 3.63) is 39.6 Å². The molecule has 1 fully saturated rings. The number of hydrogen-bond donors (Lipinski definition) is 3. The summed E-state index contributed by atoms with van der Waals surface area (Å²) in [6.45, 7) is 0.569. The molecule has 26 heavy (non-hydrogen) atoms. The molecule has 1 aliphatic rings. The van der Waals surface area contributed by atoms with Crippen LogP contribution in [0.15, 0.2) is 23.1 Å². The average molecular weight is 418 g/mol. The minimum absolute atomic E-state index is 0.0172. The van der Waals surface area contributed by atoms with Gasteiger partial charge in [-0.15, -0.1) is 0 Å². The highest BCUT2D eigenvalue weighted by Gasteiger charge is 2.20. The monoisotopic (exact) mass is 417 g/mol. The summed E-state index contributed by atoms with van der Waals surface area (Å²) in [7, 11) is -3.81. The molecule has 0 saturated heterocycles. The first-order valence-corrected chi connectivity index (χ1v) is 10.8. The normalized spacial score (nSPS) is 16.1. The summed E-state index contributed by atoms with van der Waals surface area (Å²) in [4.78, 5) is -0.0583. The average Bonchev–Trinajstić information content (AvgIpc) is 3.09. The Bertz CT molecular complexity index is 850. The zero-order valence-electron chi connectivity index (χ0n) is 14.1. The summed E-state index contributed by atoms with van der Waals surface area (Å²) < 4.78 is 27.5. The third-order valence-electron chi connectivity index (χ3n) is 4.48. The fraction of sp³-hybridized carbons (Fsp3) is 0.500. The maximum absolute atomic E-state index is 12.5. The maximum atomic E-state index is 12.5. The van der Waals surface area contributed by atoms with Gasteiger partial charge in [-0.2, -0.15) is 15.4 Å². The Morgan fingerprint density at radius 3 is 2.50 bits per heavy atom. The SMILES string of the molecule is O=S(=O)(NCc1n[nH]nc1CNC1CCCCC1)c1cc(Cl)ccc1Cl. The molecule has 10 heteroatoms. The first kappa shape index (κ1) is 19.6. The van der Waals surface area contributed by atoms with Crippen molar-refractivity contribution in [1.82, 2.24) is 25.4 Å². The van der Waals surface area contributed by atoms with Gasteiger partial charge < -0.3 is 5.32 Å². The van der Waals surface area contributed by atoms with Crippen molar-refractivity contribution in [3.63, 3.8) is 0 Å². The lowest BCUT2D eigenvalue weighted by molar-refractivity contribution is 0.370. The number of benzene rings is 1.